The minimum absolute atomic E-state index is 0.00576. The summed E-state index contributed by atoms with van der Waals surface area (Å²) < 4.78 is 11.2. The minimum Gasteiger partial charge on any atom is -0.450 e. The molecule has 0 aromatic carbocycles. The van der Waals surface area contributed by atoms with E-state index in [1.807, 2.05) is 13.0 Å². The first-order valence-electron chi connectivity index (χ1n) is 12.1. The molecular weight excluding hydrogens is 438 g/mol. The Morgan fingerprint density at radius 1 is 1.26 bits per heavy atom. The fourth-order valence-electron chi connectivity index (χ4n) is 7.78. The van der Waals surface area contributed by atoms with Crippen LogP contribution in [0.1, 0.15) is 56.3 Å². The van der Waals surface area contributed by atoms with Gasteiger partial charge in [0.15, 0.2) is 17.7 Å². The molecule has 8 heteroatoms. The molecule has 4 aliphatic carbocycles. The number of nitrogens with zero attached hydrogens (tertiary/aromatic N) is 1. The van der Waals surface area contributed by atoms with Crippen LogP contribution in [-0.2, 0) is 4.74 Å². The average molecular weight is 474 g/mol. The number of oxazole rings is 1. The Bertz CT molecular complexity index is 1100. The summed E-state index contributed by atoms with van der Waals surface area (Å²) >= 11 is 0. The van der Waals surface area contributed by atoms with Gasteiger partial charge in [0.2, 0.25) is 0 Å². The van der Waals surface area contributed by atoms with E-state index in [0.717, 1.165) is 6.42 Å². The van der Waals surface area contributed by atoms with Crippen LogP contribution < -0.4 is 0 Å². The highest BCUT2D eigenvalue weighted by molar-refractivity contribution is 5.88. The summed E-state index contributed by atoms with van der Waals surface area (Å²) in [5.74, 6) is -0.232. The largest absolute Gasteiger partial charge is 0.450 e. The number of ether oxygens (including phenoxy) is 1. The van der Waals surface area contributed by atoms with E-state index in [4.69, 9.17) is 9.15 Å². The van der Waals surface area contributed by atoms with E-state index in [2.05, 4.69) is 18.8 Å². The monoisotopic (exact) mass is 473 g/mol. The van der Waals surface area contributed by atoms with E-state index in [9.17, 15) is 25.2 Å². The van der Waals surface area contributed by atoms with E-state index in [1.165, 1.54) is 0 Å². The number of esters is 1. The Labute approximate surface area is 199 Å². The zero-order valence-electron chi connectivity index (χ0n) is 20.6. The number of aliphatic hydroxyl groups excluding tert-OH is 3. The standard InChI is InChI=1S/C26H35NO7/c1-11-9-25-12(2)7-17-18(24(17,5)6)16(21(25)30)8-15(10-28)20(29)26(25,32)22(11)34-23(31)19-13(3)33-14(4)27-19/h8-9,12,16-18,20-22,28-30,32H,7,10H2,1-6H3/t12-,16+,17-,18+,20-,21?,22+,25+,26+/m1/s1. The number of aliphatic hydroxyl groups is 4. The molecule has 8 nitrogen and oxygen atoms in total. The molecule has 4 N–H and O–H groups in total. The van der Waals surface area contributed by atoms with Crippen molar-refractivity contribution in [2.75, 3.05) is 6.61 Å². The lowest BCUT2D eigenvalue weighted by molar-refractivity contribution is -0.215. The average Bonchev–Trinajstić information content (AvgIpc) is 3.04. The maximum atomic E-state index is 13.1. The summed E-state index contributed by atoms with van der Waals surface area (Å²) in [6, 6.07) is 0. The second-order valence-electron chi connectivity index (χ2n) is 11.5. The Morgan fingerprint density at radius 3 is 2.53 bits per heavy atom. The van der Waals surface area contributed by atoms with Gasteiger partial charge >= 0.3 is 5.97 Å². The van der Waals surface area contributed by atoms with Gasteiger partial charge in [-0.1, -0.05) is 32.9 Å². The van der Waals surface area contributed by atoms with Crippen molar-refractivity contribution >= 4 is 5.97 Å². The Hall–Kier alpha value is -2.00. The molecule has 2 bridgehead atoms. The number of carbonyl (C=O) groups is 1. The SMILES string of the molecule is CC1=C[C@]23C(O)[C@@H](C=C(CO)[C@@H](O)[C@]2(O)[C@H]1OC(=O)c1nc(C)oc1C)[C@H]1[C@@H](C[C@H]3C)C1(C)C. The Morgan fingerprint density at radius 2 is 1.94 bits per heavy atom. The number of aromatic nitrogens is 1. The molecule has 1 aromatic rings. The quantitative estimate of drug-likeness (QED) is 0.387. The van der Waals surface area contributed by atoms with Crippen molar-refractivity contribution in [2.24, 2.45) is 34.5 Å². The molecule has 0 aliphatic heterocycles. The van der Waals surface area contributed by atoms with Gasteiger partial charge < -0.3 is 29.6 Å². The number of fused-ring (bicyclic) bond motifs is 3. The van der Waals surface area contributed by atoms with Crippen molar-refractivity contribution in [3.63, 3.8) is 0 Å². The van der Waals surface area contributed by atoms with Gasteiger partial charge in [0, 0.05) is 12.8 Å². The fraction of sp³-hybridized carbons (Fsp3) is 0.692. The highest BCUT2D eigenvalue weighted by Crippen LogP contribution is 2.72. The van der Waals surface area contributed by atoms with Gasteiger partial charge in [-0.25, -0.2) is 9.78 Å². The molecule has 2 saturated carbocycles. The molecule has 1 heterocycles. The lowest BCUT2D eigenvalue weighted by Crippen LogP contribution is -2.66. The highest BCUT2D eigenvalue weighted by Gasteiger charge is 2.76. The highest BCUT2D eigenvalue weighted by atomic mass is 16.6. The van der Waals surface area contributed by atoms with Gasteiger partial charge in [-0.15, -0.1) is 0 Å². The predicted molar refractivity (Wildman–Crippen MR) is 122 cm³/mol. The van der Waals surface area contributed by atoms with Crippen molar-refractivity contribution in [3.05, 3.63) is 40.6 Å². The molecule has 1 unspecified atom stereocenters. The van der Waals surface area contributed by atoms with Gasteiger partial charge in [-0.05, 0) is 54.6 Å². The van der Waals surface area contributed by atoms with Crippen molar-refractivity contribution in [1.29, 1.82) is 0 Å². The van der Waals surface area contributed by atoms with Gasteiger partial charge in [-0.3, -0.25) is 0 Å². The molecule has 1 aromatic heterocycles. The van der Waals surface area contributed by atoms with Crippen LogP contribution in [0, 0.1) is 48.3 Å². The lowest BCUT2D eigenvalue weighted by atomic mass is 9.58. The third-order valence-electron chi connectivity index (χ3n) is 9.48. The lowest BCUT2D eigenvalue weighted by Gasteiger charge is -2.52. The molecule has 5 rings (SSSR count). The van der Waals surface area contributed by atoms with Crippen LogP contribution in [0.4, 0.5) is 0 Å². The van der Waals surface area contributed by atoms with Crippen molar-refractivity contribution in [3.8, 4) is 0 Å². The third kappa shape index (κ3) is 2.74. The van der Waals surface area contributed by atoms with Crippen LogP contribution in [0.15, 0.2) is 27.7 Å². The Kier molecular flexibility index (Phi) is 5.07. The number of hydrogen-bond donors (Lipinski definition) is 4. The summed E-state index contributed by atoms with van der Waals surface area (Å²) in [7, 11) is 0. The van der Waals surface area contributed by atoms with Crippen molar-refractivity contribution in [2.45, 2.75) is 71.9 Å². The summed E-state index contributed by atoms with van der Waals surface area (Å²) in [6.45, 7) is 10.8. The van der Waals surface area contributed by atoms with E-state index in [-0.39, 0.29) is 34.4 Å². The smallest absolute Gasteiger partial charge is 0.361 e. The second-order valence-corrected chi connectivity index (χ2v) is 11.5. The molecule has 186 valence electrons. The van der Waals surface area contributed by atoms with Gasteiger partial charge in [0.1, 0.15) is 17.5 Å². The maximum Gasteiger partial charge on any atom is 0.361 e. The van der Waals surface area contributed by atoms with Crippen LogP contribution in [0.2, 0.25) is 0 Å². The third-order valence-corrected chi connectivity index (χ3v) is 9.48. The number of rotatable bonds is 3. The van der Waals surface area contributed by atoms with Crippen LogP contribution in [0.5, 0.6) is 0 Å². The topological polar surface area (TPSA) is 133 Å². The predicted octanol–water partition coefficient (Wildman–Crippen LogP) is 2.08. The number of aryl methyl sites for hydroxylation is 2. The maximum absolute atomic E-state index is 13.1. The summed E-state index contributed by atoms with van der Waals surface area (Å²) in [5, 5.41) is 46.1. The van der Waals surface area contributed by atoms with E-state index >= 15 is 0 Å². The molecule has 0 amide bonds. The first kappa shape index (κ1) is 23.7. The van der Waals surface area contributed by atoms with Crippen molar-refractivity contribution < 1.29 is 34.4 Å². The molecule has 9 atom stereocenters. The van der Waals surface area contributed by atoms with E-state index < -0.39 is 41.9 Å². The van der Waals surface area contributed by atoms with Crippen LogP contribution >= 0.6 is 0 Å². The number of hydrogen-bond acceptors (Lipinski definition) is 8. The molecule has 0 saturated heterocycles. The van der Waals surface area contributed by atoms with Gasteiger partial charge in [0.25, 0.3) is 0 Å². The minimum atomic E-state index is -2.07. The second kappa shape index (κ2) is 7.26. The van der Waals surface area contributed by atoms with Gasteiger partial charge in [0.05, 0.1) is 18.1 Å². The van der Waals surface area contributed by atoms with Crippen LogP contribution in [-0.4, -0.2) is 61.9 Å². The summed E-state index contributed by atoms with van der Waals surface area (Å²) in [4.78, 5) is 17.2. The molecular formula is C26H35NO7. The zero-order chi connectivity index (χ0) is 25.0. The Balaban J connectivity index is 1.64. The molecule has 1 spiro atoms. The first-order chi connectivity index (χ1) is 15.8. The van der Waals surface area contributed by atoms with E-state index in [1.54, 1.807) is 26.8 Å². The fourth-order valence-corrected chi connectivity index (χ4v) is 7.78. The van der Waals surface area contributed by atoms with Crippen LogP contribution in [0.3, 0.4) is 0 Å². The zero-order valence-corrected chi connectivity index (χ0v) is 20.6. The van der Waals surface area contributed by atoms with Crippen molar-refractivity contribution in [1.82, 2.24) is 4.98 Å². The number of carbonyl (C=O) groups excluding carboxylic acids is 1. The molecule has 2 fully saturated rings. The van der Waals surface area contributed by atoms with E-state index in [0.29, 0.717) is 23.1 Å². The summed E-state index contributed by atoms with van der Waals surface area (Å²) in [5.41, 5.74) is -2.53. The molecule has 0 radical (unpaired) electrons. The van der Waals surface area contributed by atoms with Crippen LogP contribution in [0.25, 0.3) is 0 Å². The van der Waals surface area contributed by atoms with Gasteiger partial charge in [-0.2, -0.15) is 0 Å². The normalized spacial score (nSPS) is 44.2. The summed E-state index contributed by atoms with van der Waals surface area (Å²) in [6.07, 6.45) is 0.519. The first-order valence-corrected chi connectivity index (χ1v) is 12.1. The molecule has 34 heavy (non-hydrogen) atoms. The molecule has 4 aliphatic rings.